The van der Waals surface area contributed by atoms with Crippen molar-refractivity contribution in [1.82, 2.24) is 9.97 Å². The van der Waals surface area contributed by atoms with Crippen LogP contribution in [0.15, 0.2) is 28.7 Å². The fourth-order valence-electron chi connectivity index (χ4n) is 1.86. The maximum atomic E-state index is 4.68. The van der Waals surface area contributed by atoms with Crippen LogP contribution in [0.25, 0.3) is 21.1 Å². The molecule has 0 spiro atoms. The van der Waals surface area contributed by atoms with Gasteiger partial charge in [0, 0.05) is 22.9 Å². The highest BCUT2D eigenvalue weighted by Gasteiger charge is 2.08. The van der Waals surface area contributed by atoms with E-state index in [1.807, 2.05) is 29.3 Å². The average Bonchev–Trinajstić information content (AvgIpc) is 2.93. The summed E-state index contributed by atoms with van der Waals surface area (Å²) < 4.78 is 2.50. The first-order valence-corrected chi connectivity index (χ1v) is 7.68. The highest BCUT2D eigenvalue weighted by Crippen LogP contribution is 2.34. The minimum absolute atomic E-state index is 1.13. The maximum Gasteiger partial charge on any atom is 0.151 e. The number of hydrogen-bond donors (Lipinski definition) is 1. The van der Waals surface area contributed by atoms with Crippen molar-refractivity contribution < 1.29 is 0 Å². The minimum atomic E-state index is 1.13. The molecule has 17 heavy (non-hydrogen) atoms. The molecular weight excluding hydrogens is 248 g/mol. The number of nitrogens with zero attached hydrogens (tertiary/aromatic N) is 1. The highest BCUT2D eigenvalue weighted by atomic mass is 32.2. The Morgan fingerprint density at radius 1 is 1.35 bits per heavy atom. The average molecular weight is 262 g/mol. The number of fused-ring (bicyclic) bond motifs is 3. The van der Waals surface area contributed by atoms with E-state index in [1.54, 1.807) is 0 Å². The second kappa shape index (κ2) is 4.70. The lowest BCUT2D eigenvalue weighted by atomic mass is 10.2. The fourth-order valence-corrected chi connectivity index (χ4v) is 4.19. The van der Waals surface area contributed by atoms with Crippen molar-refractivity contribution in [3.63, 3.8) is 0 Å². The summed E-state index contributed by atoms with van der Waals surface area (Å²) in [5.74, 6) is 1.17. The molecule has 3 aromatic rings. The molecule has 0 aliphatic rings. The Morgan fingerprint density at radius 2 is 2.29 bits per heavy atom. The predicted molar refractivity (Wildman–Crippen MR) is 77.1 cm³/mol. The van der Waals surface area contributed by atoms with E-state index in [-0.39, 0.29) is 0 Å². The molecule has 0 unspecified atom stereocenters. The van der Waals surface area contributed by atoms with Crippen molar-refractivity contribution in [3.05, 3.63) is 24.4 Å². The molecule has 0 amide bonds. The quantitative estimate of drug-likeness (QED) is 0.547. The number of aromatic nitrogens is 2. The normalized spacial score (nSPS) is 11.6. The topological polar surface area (TPSA) is 28.7 Å². The van der Waals surface area contributed by atoms with E-state index in [0.29, 0.717) is 0 Å². The third-order valence-electron chi connectivity index (χ3n) is 2.79. The van der Waals surface area contributed by atoms with Crippen LogP contribution in [0, 0.1) is 0 Å². The number of thiazole rings is 1. The van der Waals surface area contributed by atoms with Gasteiger partial charge < -0.3 is 4.98 Å². The molecule has 0 saturated heterocycles. The molecule has 2 nitrogen and oxygen atoms in total. The van der Waals surface area contributed by atoms with Gasteiger partial charge in [0.05, 0.1) is 10.2 Å². The van der Waals surface area contributed by atoms with E-state index in [0.717, 1.165) is 5.52 Å². The van der Waals surface area contributed by atoms with E-state index in [1.165, 1.54) is 38.5 Å². The molecule has 2 heterocycles. The van der Waals surface area contributed by atoms with Crippen molar-refractivity contribution in [2.24, 2.45) is 0 Å². The summed E-state index contributed by atoms with van der Waals surface area (Å²) in [4.78, 5) is 7.93. The van der Waals surface area contributed by atoms with Crippen molar-refractivity contribution in [3.8, 4) is 0 Å². The predicted octanol–water partition coefficient (Wildman–Crippen LogP) is 4.67. The van der Waals surface area contributed by atoms with Crippen molar-refractivity contribution in [1.29, 1.82) is 0 Å². The minimum Gasteiger partial charge on any atom is -0.361 e. The monoisotopic (exact) mass is 262 g/mol. The summed E-state index contributed by atoms with van der Waals surface area (Å²) >= 11 is 3.69. The summed E-state index contributed by atoms with van der Waals surface area (Å²) in [5, 5.41) is 1.29. The van der Waals surface area contributed by atoms with Crippen molar-refractivity contribution in [2.75, 3.05) is 5.75 Å². The zero-order valence-electron chi connectivity index (χ0n) is 9.69. The van der Waals surface area contributed by atoms with Gasteiger partial charge in [0.1, 0.15) is 0 Å². The van der Waals surface area contributed by atoms with Crippen LogP contribution in [-0.4, -0.2) is 15.7 Å². The molecule has 88 valence electrons. The highest BCUT2D eigenvalue weighted by molar-refractivity contribution is 8.01. The van der Waals surface area contributed by atoms with Crippen LogP contribution in [0.3, 0.4) is 0 Å². The zero-order valence-corrected chi connectivity index (χ0v) is 11.3. The first-order valence-electron chi connectivity index (χ1n) is 5.88. The second-order valence-corrected chi connectivity index (χ2v) is 6.38. The lowest BCUT2D eigenvalue weighted by Crippen LogP contribution is -1.76. The zero-order chi connectivity index (χ0) is 11.7. The van der Waals surface area contributed by atoms with Gasteiger partial charge in [-0.3, -0.25) is 0 Å². The third-order valence-corrected chi connectivity index (χ3v) is 5.12. The first-order chi connectivity index (χ1) is 8.38. The van der Waals surface area contributed by atoms with Gasteiger partial charge in [0.2, 0.25) is 0 Å². The fraction of sp³-hybridized carbons (Fsp3) is 0.308. The number of hydrogen-bond acceptors (Lipinski definition) is 3. The Balaban J connectivity index is 1.99. The Morgan fingerprint density at radius 3 is 3.18 bits per heavy atom. The van der Waals surface area contributed by atoms with Gasteiger partial charge in [-0.1, -0.05) is 25.1 Å². The number of rotatable bonds is 4. The standard InChI is InChI=1S/C13H14N2S2/c1-2-3-8-16-13-15-11-5-4-10-9(6-7-14-10)12(11)17-13/h4-7,14H,2-3,8H2,1H3. The van der Waals surface area contributed by atoms with Crippen LogP contribution in [0.4, 0.5) is 0 Å². The third kappa shape index (κ3) is 2.07. The molecular formula is C13H14N2S2. The number of unbranched alkanes of at least 4 members (excludes halogenated alkanes) is 1. The van der Waals surface area contributed by atoms with Crippen LogP contribution in [-0.2, 0) is 0 Å². The van der Waals surface area contributed by atoms with Gasteiger partial charge in [-0.15, -0.1) is 11.3 Å². The second-order valence-electron chi connectivity index (χ2n) is 4.03. The first kappa shape index (κ1) is 11.1. The maximum absolute atomic E-state index is 4.68. The van der Waals surface area contributed by atoms with Gasteiger partial charge in [0.15, 0.2) is 4.34 Å². The van der Waals surface area contributed by atoms with Gasteiger partial charge in [0.25, 0.3) is 0 Å². The van der Waals surface area contributed by atoms with E-state index in [4.69, 9.17) is 0 Å². The van der Waals surface area contributed by atoms with E-state index < -0.39 is 0 Å². The van der Waals surface area contributed by atoms with Crippen LogP contribution >= 0.6 is 23.1 Å². The van der Waals surface area contributed by atoms with Crippen molar-refractivity contribution >= 4 is 44.2 Å². The van der Waals surface area contributed by atoms with Crippen molar-refractivity contribution in [2.45, 2.75) is 24.1 Å². The molecule has 3 rings (SSSR count). The molecule has 2 aromatic heterocycles. The molecule has 0 atom stereocenters. The molecule has 0 aliphatic heterocycles. The Labute approximate surface area is 108 Å². The Hall–Kier alpha value is -1.000. The molecule has 0 saturated carbocycles. The van der Waals surface area contributed by atoms with E-state index in [9.17, 15) is 0 Å². The molecule has 0 bridgehead atoms. The van der Waals surface area contributed by atoms with Gasteiger partial charge in [-0.05, 0) is 24.6 Å². The SMILES string of the molecule is CCCCSc1nc2ccc3[nH]ccc3c2s1. The summed E-state index contributed by atoms with van der Waals surface area (Å²) in [6.45, 7) is 2.22. The Bertz CT molecular complexity index is 639. The molecule has 0 aliphatic carbocycles. The van der Waals surface area contributed by atoms with Crippen LogP contribution < -0.4 is 0 Å². The number of thioether (sulfide) groups is 1. The van der Waals surface area contributed by atoms with Gasteiger partial charge >= 0.3 is 0 Å². The molecule has 0 radical (unpaired) electrons. The number of nitrogens with one attached hydrogen (secondary N) is 1. The molecule has 1 N–H and O–H groups in total. The number of H-pyrrole nitrogens is 1. The van der Waals surface area contributed by atoms with Gasteiger partial charge in [-0.2, -0.15) is 0 Å². The smallest absolute Gasteiger partial charge is 0.151 e. The van der Waals surface area contributed by atoms with E-state index in [2.05, 4.69) is 35.1 Å². The molecule has 1 aromatic carbocycles. The summed E-state index contributed by atoms with van der Waals surface area (Å²) in [6, 6.07) is 6.35. The molecule has 0 fully saturated rings. The number of benzene rings is 1. The Kier molecular flexibility index (Phi) is 3.07. The summed E-state index contributed by atoms with van der Waals surface area (Å²) in [7, 11) is 0. The summed E-state index contributed by atoms with van der Waals surface area (Å²) in [5.41, 5.74) is 2.33. The lowest BCUT2D eigenvalue weighted by molar-refractivity contribution is 0.896. The van der Waals surface area contributed by atoms with Gasteiger partial charge in [-0.25, -0.2) is 4.98 Å². The lowest BCUT2D eigenvalue weighted by Gasteiger charge is -1.92. The largest absolute Gasteiger partial charge is 0.361 e. The van der Waals surface area contributed by atoms with Crippen LogP contribution in [0.5, 0.6) is 0 Å². The van der Waals surface area contributed by atoms with Crippen LogP contribution in [0.2, 0.25) is 0 Å². The van der Waals surface area contributed by atoms with Crippen LogP contribution in [0.1, 0.15) is 19.8 Å². The van der Waals surface area contributed by atoms with E-state index >= 15 is 0 Å². The molecule has 4 heteroatoms. The number of aromatic amines is 1. The summed E-state index contributed by atoms with van der Waals surface area (Å²) in [6.07, 6.45) is 4.51.